The lowest BCUT2D eigenvalue weighted by atomic mass is 9.44. The number of allylic oxidation sites excluding steroid dienone is 1. The first kappa shape index (κ1) is 21.7. The number of ketones is 2. The molecule has 4 fully saturated rings. The Bertz CT molecular complexity index is 883. The first-order chi connectivity index (χ1) is 14.4. The van der Waals surface area contributed by atoms with Crippen LogP contribution in [-0.2, 0) is 19.1 Å². The molecule has 0 amide bonds. The van der Waals surface area contributed by atoms with Gasteiger partial charge in [-0.2, -0.15) is 0 Å². The van der Waals surface area contributed by atoms with Crippen molar-refractivity contribution < 1.29 is 33.7 Å². The first-order valence-corrected chi connectivity index (χ1v) is 11.5. The second-order valence-corrected chi connectivity index (χ2v) is 11.3. The van der Waals surface area contributed by atoms with Gasteiger partial charge in [0.1, 0.15) is 12.3 Å². The van der Waals surface area contributed by atoms with E-state index in [4.69, 9.17) is 9.47 Å². The van der Waals surface area contributed by atoms with E-state index < -0.39 is 58.4 Å². The van der Waals surface area contributed by atoms with Crippen LogP contribution in [0.1, 0.15) is 66.2 Å². The molecule has 0 aromatic rings. The molecule has 0 spiro atoms. The maximum atomic E-state index is 17.2. The molecule has 2 N–H and O–H groups in total. The van der Waals surface area contributed by atoms with E-state index in [1.54, 1.807) is 19.9 Å². The zero-order valence-electron chi connectivity index (χ0n) is 18.7. The Kier molecular flexibility index (Phi) is 4.37. The molecule has 7 heteroatoms. The van der Waals surface area contributed by atoms with Crippen LogP contribution in [0.2, 0.25) is 0 Å². The van der Waals surface area contributed by atoms with Gasteiger partial charge in [-0.15, -0.1) is 0 Å². The van der Waals surface area contributed by atoms with Crippen molar-refractivity contribution in [2.24, 2.45) is 22.7 Å². The Hall–Kier alpha value is -1.15. The summed E-state index contributed by atoms with van der Waals surface area (Å²) < 4.78 is 29.6. The number of ether oxygens (including phenoxy) is 2. The number of Topliss-reactive ketones (excluding diaryl/α,β-unsaturated/α-hetero) is 1. The van der Waals surface area contributed by atoms with Crippen LogP contribution in [0.4, 0.5) is 4.39 Å². The normalized spacial score (nSPS) is 52.6. The van der Waals surface area contributed by atoms with Gasteiger partial charge in [0.2, 0.25) is 0 Å². The average Bonchev–Trinajstić information content (AvgIpc) is 3.09. The van der Waals surface area contributed by atoms with E-state index in [1.807, 2.05) is 13.8 Å². The summed E-state index contributed by atoms with van der Waals surface area (Å²) in [5, 5.41) is 21.2. The molecule has 0 unspecified atom stereocenters. The Labute approximate surface area is 182 Å². The highest BCUT2D eigenvalue weighted by molar-refractivity contribution is 5.92. The van der Waals surface area contributed by atoms with Crippen LogP contribution >= 0.6 is 0 Å². The minimum Gasteiger partial charge on any atom is -0.390 e. The predicted molar refractivity (Wildman–Crippen MR) is 109 cm³/mol. The number of fused-ring (bicyclic) bond motifs is 7. The van der Waals surface area contributed by atoms with Gasteiger partial charge in [-0.1, -0.05) is 19.4 Å². The summed E-state index contributed by atoms with van der Waals surface area (Å²) in [7, 11) is 0. The molecule has 1 aliphatic heterocycles. The van der Waals surface area contributed by atoms with E-state index in [2.05, 4.69) is 0 Å². The summed E-state index contributed by atoms with van der Waals surface area (Å²) in [5.74, 6) is -2.17. The maximum Gasteiger partial charge on any atom is 0.193 e. The number of aliphatic hydroxyl groups excluding tert-OH is 2. The van der Waals surface area contributed by atoms with Crippen LogP contribution < -0.4 is 0 Å². The van der Waals surface area contributed by atoms with Gasteiger partial charge in [-0.25, -0.2) is 4.39 Å². The summed E-state index contributed by atoms with van der Waals surface area (Å²) in [6, 6.07) is 0. The minimum absolute atomic E-state index is 0.0246. The molecular formula is C24H33FO6. The standard InChI is InChI=1S/C24H33FO6/c1-20(2)30-19-10-16-15-6-5-13-9-14(27)7-8-21(13,3)23(15,25)17(28)11-22(16,4)24(19,31-20)18(29)12-26/h9,15-17,19,26,28H,5-8,10-12H2,1-4H3/t15-,16-,17-,19-,21-,22-,23+,24+/m0/s1. The van der Waals surface area contributed by atoms with E-state index in [-0.39, 0.29) is 24.5 Å². The highest BCUT2D eigenvalue weighted by Crippen LogP contribution is 2.72. The smallest absolute Gasteiger partial charge is 0.193 e. The summed E-state index contributed by atoms with van der Waals surface area (Å²) in [6.45, 7) is 6.55. The Balaban J connectivity index is 1.63. The van der Waals surface area contributed by atoms with Crippen molar-refractivity contribution in [1.29, 1.82) is 0 Å². The van der Waals surface area contributed by atoms with Gasteiger partial charge in [0, 0.05) is 23.2 Å². The van der Waals surface area contributed by atoms with Gasteiger partial charge in [-0.05, 0) is 57.9 Å². The maximum absolute atomic E-state index is 17.2. The Morgan fingerprint density at radius 2 is 1.94 bits per heavy atom. The van der Waals surface area contributed by atoms with Crippen molar-refractivity contribution >= 4 is 11.6 Å². The van der Waals surface area contributed by atoms with Crippen LogP contribution in [0.15, 0.2) is 11.6 Å². The monoisotopic (exact) mass is 436 g/mol. The topological polar surface area (TPSA) is 93.1 Å². The number of aliphatic hydroxyl groups is 2. The third-order valence-electron chi connectivity index (χ3n) is 9.59. The highest BCUT2D eigenvalue weighted by Gasteiger charge is 2.80. The molecule has 0 aromatic heterocycles. The number of alkyl halides is 1. The molecule has 172 valence electrons. The zero-order valence-corrected chi connectivity index (χ0v) is 18.7. The molecule has 4 aliphatic carbocycles. The number of hydrogen-bond donors (Lipinski definition) is 2. The van der Waals surface area contributed by atoms with Gasteiger partial charge in [0.25, 0.3) is 0 Å². The third-order valence-corrected chi connectivity index (χ3v) is 9.59. The summed E-state index contributed by atoms with van der Waals surface area (Å²) in [6.07, 6.45) is 1.96. The molecule has 3 saturated carbocycles. The first-order valence-electron chi connectivity index (χ1n) is 11.5. The number of halogens is 1. The van der Waals surface area contributed by atoms with Crippen LogP contribution in [-0.4, -0.2) is 57.7 Å². The fraction of sp³-hybridized carbons (Fsp3) is 0.833. The van der Waals surface area contributed by atoms with E-state index in [9.17, 15) is 19.8 Å². The summed E-state index contributed by atoms with van der Waals surface area (Å²) >= 11 is 0. The van der Waals surface area contributed by atoms with Crippen molar-refractivity contribution in [3.05, 3.63) is 11.6 Å². The van der Waals surface area contributed by atoms with Gasteiger partial charge >= 0.3 is 0 Å². The second-order valence-electron chi connectivity index (χ2n) is 11.3. The van der Waals surface area contributed by atoms with E-state index in [1.165, 1.54) is 0 Å². The number of rotatable bonds is 2. The molecular weight excluding hydrogens is 403 g/mol. The fourth-order valence-corrected chi connectivity index (χ4v) is 8.29. The van der Waals surface area contributed by atoms with Crippen molar-refractivity contribution in [1.82, 2.24) is 0 Å². The second kappa shape index (κ2) is 6.25. The molecule has 31 heavy (non-hydrogen) atoms. The Morgan fingerprint density at radius 1 is 1.23 bits per heavy atom. The molecule has 5 aliphatic rings. The van der Waals surface area contributed by atoms with Crippen LogP contribution in [0.3, 0.4) is 0 Å². The van der Waals surface area contributed by atoms with Crippen LogP contribution in [0.5, 0.6) is 0 Å². The molecule has 8 atom stereocenters. The van der Waals surface area contributed by atoms with E-state index in [0.717, 1.165) is 5.57 Å². The van der Waals surface area contributed by atoms with Crippen molar-refractivity contribution in [2.75, 3.05) is 6.61 Å². The predicted octanol–water partition coefficient (Wildman–Crippen LogP) is 2.64. The average molecular weight is 437 g/mol. The fourth-order valence-electron chi connectivity index (χ4n) is 8.29. The minimum atomic E-state index is -1.89. The lowest BCUT2D eigenvalue weighted by Crippen LogP contribution is -2.70. The van der Waals surface area contributed by atoms with Gasteiger partial charge in [-0.3, -0.25) is 9.59 Å². The summed E-state index contributed by atoms with van der Waals surface area (Å²) in [4.78, 5) is 25.2. The molecule has 0 radical (unpaired) electrons. The van der Waals surface area contributed by atoms with Crippen molar-refractivity contribution in [2.45, 2.75) is 95.5 Å². The number of carbonyl (C=O) groups is 2. The molecule has 0 bridgehead atoms. The number of hydrogen-bond acceptors (Lipinski definition) is 6. The lowest BCUT2D eigenvalue weighted by molar-refractivity contribution is -0.251. The molecule has 1 heterocycles. The zero-order chi connectivity index (χ0) is 22.6. The van der Waals surface area contributed by atoms with Crippen molar-refractivity contribution in [3.8, 4) is 0 Å². The van der Waals surface area contributed by atoms with Gasteiger partial charge in [0.05, 0.1) is 12.2 Å². The Morgan fingerprint density at radius 3 is 2.61 bits per heavy atom. The molecule has 6 nitrogen and oxygen atoms in total. The largest absolute Gasteiger partial charge is 0.390 e. The van der Waals surface area contributed by atoms with Gasteiger partial charge < -0.3 is 19.7 Å². The molecule has 0 aromatic carbocycles. The highest BCUT2D eigenvalue weighted by atomic mass is 19.1. The third kappa shape index (κ3) is 2.36. The van der Waals surface area contributed by atoms with Crippen LogP contribution in [0.25, 0.3) is 0 Å². The molecule has 5 rings (SSSR count). The van der Waals surface area contributed by atoms with E-state index >= 15 is 4.39 Å². The molecule has 1 saturated heterocycles. The SMILES string of the molecule is CC1(C)O[C@H]2C[C@H]3[C@@H]4CCC5=CC(=O)CC[C@]5(C)[C@]4(F)[C@@H](O)C[C@]3(C)[C@]2(C(=O)CO)O1. The van der Waals surface area contributed by atoms with E-state index in [0.29, 0.717) is 25.7 Å². The lowest BCUT2D eigenvalue weighted by Gasteiger charge is -2.63. The van der Waals surface area contributed by atoms with Crippen LogP contribution in [0, 0.1) is 22.7 Å². The number of carbonyl (C=O) groups excluding carboxylic acids is 2. The van der Waals surface area contributed by atoms with Gasteiger partial charge in [0.15, 0.2) is 23.0 Å². The quantitative estimate of drug-likeness (QED) is 0.691. The van der Waals surface area contributed by atoms with Crippen molar-refractivity contribution in [3.63, 3.8) is 0 Å². The summed E-state index contributed by atoms with van der Waals surface area (Å²) in [5.41, 5.74) is -4.26.